The lowest BCUT2D eigenvalue weighted by Crippen LogP contribution is -2.11. The molecule has 0 fully saturated rings. The van der Waals surface area contributed by atoms with Crippen molar-refractivity contribution in [2.45, 2.75) is 13.3 Å². The quantitative estimate of drug-likeness (QED) is 0.784. The predicted octanol–water partition coefficient (Wildman–Crippen LogP) is 1.89. The predicted molar refractivity (Wildman–Crippen MR) is 55.5 cm³/mol. The lowest BCUT2D eigenvalue weighted by molar-refractivity contribution is 0.0980. The maximum absolute atomic E-state index is 13.4. The average molecular weight is 229 g/mol. The molecule has 0 spiro atoms. The summed E-state index contributed by atoms with van der Waals surface area (Å²) in [7, 11) is 0. The molecule has 0 saturated carbocycles. The third-order valence-corrected chi connectivity index (χ3v) is 2.02. The first-order chi connectivity index (χ1) is 7.61. The van der Waals surface area contributed by atoms with Crippen LogP contribution in [0.25, 0.3) is 0 Å². The summed E-state index contributed by atoms with van der Waals surface area (Å²) in [6.45, 7) is 1.99. The number of nitrogens with two attached hydrogens (primary N) is 1. The number of benzene rings is 1. The molecule has 0 aliphatic heterocycles. The van der Waals surface area contributed by atoms with Crippen molar-refractivity contribution in [3.8, 4) is 5.75 Å². The van der Waals surface area contributed by atoms with Gasteiger partial charge in [-0.05, 0) is 25.6 Å². The second kappa shape index (κ2) is 5.55. The van der Waals surface area contributed by atoms with Gasteiger partial charge in [-0.2, -0.15) is 4.39 Å². The van der Waals surface area contributed by atoms with Crippen molar-refractivity contribution in [1.82, 2.24) is 0 Å². The zero-order valence-electron chi connectivity index (χ0n) is 8.93. The van der Waals surface area contributed by atoms with E-state index in [2.05, 4.69) is 0 Å². The monoisotopic (exact) mass is 229 g/mol. The molecule has 0 aromatic heterocycles. The van der Waals surface area contributed by atoms with Crippen LogP contribution >= 0.6 is 0 Å². The van der Waals surface area contributed by atoms with Gasteiger partial charge in [0.15, 0.2) is 17.3 Å². The zero-order valence-corrected chi connectivity index (χ0v) is 8.93. The van der Waals surface area contributed by atoms with Crippen LogP contribution < -0.4 is 10.5 Å². The summed E-state index contributed by atoms with van der Waals surface area (Å²) >= 11 is 0. The van der Waals surface area contributed by atoms with Crippen molar-refractivity contribution < 1.29 is 18.3 Å². The number of hydrogen-bond acceptors (Lipinski definition) is 3. The van der Waals surface area contributed by atoms with E-state index in [0.29, 0.717) is 0 Å². The highest BCUT2D eigenvalue weighted by molar-refractivity contribution is 5.96. The van der Waals surface area contributed by atoms with E-state index in [4.69, 9.17) is 10.5 Å². The highest BCUT2D eigenvalue weighted by Gasteiger charge is 2.18. The minimum atomic E-state index is -1.18. The smallest absolute Gasteiger partial charge is 0.201 e. The maximum Gasteiger partial charge on any atom is 0.201 e. The van der Waals surface area contributed by atoms with Crippen molar-refractivity contribution in [3.05, 3.63) is 29.3 Å². The number of hydrogen-bond donors (Lipinski definition) is 1. The van der Waals surface area contributed by atoms with Gasteiger partial charge in [0.25, 0.3) is 0 Å². The Hall–Kier alpha value is -1.49. The number of ether oxygens (including phenoxy) is 1. The molecule has 0 unspecified atom stereocenters. The highest BCUT2D eigenvalue weighted by Crippen LogP contribution is 2.23. The summed E-state index contributed by atoms with van der Waals surface area (Å²) in [4.78, 5) is 11.4. The number of halogens is 2. The molecule has 1 rings (SSSR count). The number of Topliss-reactive ketones (excluding diaryl/α,β-unsaturated/α-hetero) is 1. The van der Waals surface area contributed by atoms with Crippen LogP contribution in [0.1, 0.15) is 23.7 Å². The molecule has 0 heterocycles. The summed E-state index contributed by atoms with van der Waals surface area (Å²) in [6.07, 6.45) is -0.00958. The van der Waals surface area contributed by atoms with Crippen LogP contribution in [0.15, 0.2) is 12.1 Å². The van der Waals surface area contributed by atoms with E-state index in [1.165, 1.54) is 12.1 Å². The Morgan fingerprint density at radius 1 is 1.38 bits per heavy atom. The fourth-order valence-corrected chi connectivity index (χ4v) is 1.28. The van der Waals surface area contributed by atoms with Crippen LogP contribution in [0, 0.1) is 11.6 Å². The Morgan fingerprint density at radius 2 is 2.06 bits per heavy atom. The maximum atomic E-state index is 13.4. The van der Waals surface area contributed by atoms with Crippen molar-refractivity contribution in [2.75, 3.05) is 13.2 Å². The highest BCUT2D eigenvalue weighted by atomic mass is 19.2. The van der Waals surface area contributed by atoms with E-state index >= 15 is 0 Å². The van der Waals surface area contributed by atoms with Gasteiger partial charge in [-0.25, -0.2) is 4.39 Å². The Morgan fingerprint density at radius 3 is 2.62 bits per heavy atom. The summed E-state index contributed by atoms with van der Waals surface area (Å²) < 4.78 is 31.7. The van der Waals surface area contributed by atoms with E-state index in [1.807, 2.05) is 0 Å². The molecule has 1 aromatic rings. The number of carbonyl (C=O) groups excluding carboxylic acids is 1. The number of rotatable bonds is 5. The second-order valence-corrected chi connectivity index (χ2v) is 3.13. The molecule has 16 heavy (non-hydrogen) atoms. The lowest BCUT2D eigenvalue weighted by Gasteiger charge is -2.07. The SMILES string of the molecule is CCOc1ccc(C(=O)CCN)c(F)c1F. The van der Waals surface area contributed by atoms with Gasteiger partial charge < -0.3 is 10.5 Å². The van der Waals surface area contributed by atoms with Crippen LogP contribution in [-0.2, 0) is 0 Å². The van der Waals surface area contributed by atoms with Gasteiger partial charge >= 0.3 is 0 Å². The van der Waals surface area contributed by atoms with Gasteiger partial charge in [-0.1, -0.05) is 0 Å². The van der Waals surface area contributed by atoms with Gasteiger partial charge in [0.05, 0.1) is 12.2 Å². The summed E-state index contributed by atoms with van der Waals surface area (Å²) in [6, 6.07) is 2.45. The molecule has 0 bridgehead atoms. The summed E-state index contributed by atoms with van der Waals surface area (Å²) in [5.41, 5.74) is 4.89. The molecule has 0 atom stereocenters. The second-order valence-electron chi connectivity index (χ2n) is 3.13. The molecule has 0 aliphatic carbocycles. The van der Waals surface area contributed by atoms with E-state index in [1.54, 1.807) is 6.92 Å². The molecular weight excluding hydrogens is 216 g/mol. The zero-order chi connectivity index (χ0) is 12.1. The third kappa shape index (κ3) is 2.55. The van der Waals surface area contributed by atoms with Crippen LogP contribution in [0.4, 0.5) is 8.78 Å². The van der Waals surface area contributed by atoms with Gasteiger partial charge in [0.2, 0.25) is 5.82 Å². The minimum Gasteiger partial charge on any atom is -0.491 e. The van der Waals surface area contributed by atoms with E-state index in [9.17, 15) is 13.6 Å². The number of ketones is 1. The van der Waals surface area contributed by atoms with Crippen LogP contribution in [0.5, 0.6) is 5.75 Å². The van der Waals surface area contributed by atoms with Crippen LogP contribution in [0.3, 0.4) is 0 Å². The first-order valence-corrected chi connectivity index (χ1v) is 4.95. The van der Waals surface area contributed by atoms with E-state index in [-0.39, 0.29) is 30.9 Å². The Kier molecular flexibility index (Phi) is 4.37. The molecule has 0 radical (unpaired) electrons. The topological polar surface area (TPSA) is 52.3 Å². The third-order valence-electron chi connectivity index (χ3n) is 2.02. The normalized spacial score (nSPS) is 10.2. The summed E-state index contributed by atoms with van der Waals surface area (Å²) in [5, 5.41) is 0. The molecule has 0 saturated heterocycles. The molecule has 1 aromatic carbocycles. The lowest BCUT2D eigenvalue weighted by atomic mass is 10.1. The van der Waals surface area contributed by atoms with Crippen molar-refractivity contribution in [3.63, 3.8) is 0 Å². The molecule has 88 valence electrons. The Balaban J connectivity index is 3.06. The standard InChI is InChI=1S/C11H13F2NO2/c1-2-16-9-4-3-7(8(15)5-6-14)10(12)11(9)13/h3-4H,2,5-6,14H2,1H3. The first kappa shape index (κ1) is 12.6. The van der Waals surface area contributed by atoms with Gasteiger partial charge in [-0.3, -0.25) is 4.79 Å². The molecule has 3 nitrogen and oxygen atoms in total. The van der Waals surface area contributed by atoms with Crippen LogP contribution in [0.2, 0.25) is 0 Å². The minimum absolute atomic E-state index is 0.00958. The van der Waals surface area contributed by atoms with Crippen molar-refractivity contribution >= 4 is 5.78 Å². The Bertz CT molecular complexity index is 394. The first-order valence-electron chi connectivity index (χ1n) is 4.95. The number of carbonyl (C=O) groups is 1. The molecule has 5 heteroatoms. The van der Waals surface area contributed by atoms with Gasteiger partial charge in [0, 0.05) is 6.42 Å². The van der Waals surface area contributed by atoms with Crippen molar-refractivity contribution in [2.24, 2.45) is 5.73 Å². The van der Waals surface area contributed by atoms with E-state index < -0.39 is 17.4 Å². The molecule has 0 aliphatic rings. The summed E-state index contributed by atoms with van der Waals surface area (Å²) in [5.74, 6) is -3.01. The fraction of sp³-hybridized carbons (Fsp3) is 0.364. The van der Waals surface area contributed by atoms with Gasteiger partial charge in [0.1, 0.15) is 0 Å². The van der Waals surface area contributed by atoms with Crippen molar-refractivity contribution in [1.29, 1.82) is 0 Å². The average Bonchev–Trinajstić information content (AvgIpc) is 2.25. The molecular formula is C11H13F2NO2. The molecule has 2 N–H and O–H groups in total. The van der Waals surface area contributed by atoms with Gasteiger partial charge in [-0.15, -0.1) is 0 Å². The van der Waals surface area contributed by atoms with E-state index in [0.717, 1.165) is 0 Å². The Labute approximate surface area is 92.2 Å². The largest absolute Gasteiger partial charge is 0.491 e. The van der Waals surface area contributed by atoms with Crippen LogP contribution in [-0.4, -0.2) is 18.9 Å². The molecule has 0 amide bonds. The fourth-order valence-electron chi connectivity index (χ4n) is 1.28.